The molecule has 0 radical (unpaired) electrons. The van der Waals surface area contributed by atoms with Gasteiger partial charge in [-0.15, -0.1) is 0 Å². The van der Waals surface area contributed by atoms with Gasteiger partial charge in [0.15, 0.2) is 11.7 Å². The maximum absolute atomic E-state index is 12.7. The average Bonchev–Trinajstić information content (AvgIpc) is 2.88. The molecule has 0 aliphatic carbocycles. The number of hydrogen-bond donors (Lipinski definition) is 2. The van der Waals surface area contributed by atoms with Gasteiger partial charge >= 0.3 is 5.97 Å². The number of aryl methyl sites for hydroxylation is 1. The Morgan fingerprint density at radius 2 is 1.92 bits per heavy atom. The van der Waals surface area contributed by atoms with Crippen molar-refractivity contribution in [2.24, 2.45) is 0 Å². The van der Waals surface area contributed by atoms with Crippen LogP contribution in [-0.2, 0) is 9.59 Å². The van der Waals surface area contributed by atoms with E-state index in [9.17, 15) is 9.59 Å². The second-order valence-electron chi connectivity index (χ2n) is 5.67. The molecule has 0 bridgehead atoms. The molecule has 1 aliphatic heterocycles. The van der Waals surface area contributed by atoms with Crippen molar-refractivity contribution in [2.75, 3.05) is 11.5 Å². The number of hydrogen-bond acceptors (Lipinski definition) is 4. The molecule has 2 aromatic carbocycles. The van der Waals surface area contributed by atoms with E-state index in [-0.39, 0.29) is 5.91 Å². The van der Waals surface area contributed by atoms with Crippen LogP contribution in [0.5, 0.6) is 5.75 Å². The van der Waals surface area contributed by atoms with Gasteiger partial charge in [0.25, 0.3) is 5.91 Å². The van der Waals surface area contributed by atoms with Crippen molar-refractivity contribution in [3.63, 3.8) is 0 Å². The first-order chi connectivity index (χ1) is 12.5. The van der Waals surface area contributed by atoms with Crippen molar-refractivity contribution >= 4 is 41.0 Å². The SMILES string of the molecule is Cc1ccccc1N1C(=O)/C(=C\c2ccc(OCC(=O)O)cc2)NC1=S. The van der Waals surface area contributed by atoms with E-state index in [1.807, 2.05) is 31.2 Å². The molecule has 6 nitrogen and oxygen atoms in total. The van der Waals surface area contributed by atoms with Gasteiger partial charge in [-0.3, -0.25) is 9.69 Å². The Labute approximate surface area is 155 Å². The van der Waals surface area contributed by atoms with Crippen molar-refractivity contribution in [1.82, 2.24) is 5.32 Å². The minimum absolute atomic E-state index is 0.226. The normalized spacial score (nSPS) is 15.3. The highest BCUT2D eigenvalue weighted by molar-refractivity contribution is 7.80. The summed E-state index contributed by atoms with van der Waals surface area (Å²) in [5.41, 5.74) is 2.83. The molecule has 1 amide bonds. The number of carboxylic acids is 1. The van der Waals surface area contributed by atoms with Gasteiger partial charge in [0.2, 0.25) is 0 Å². The molecule has 0 aromatic heterocycles. The van der Waals surface area contributed by atoms with Crippen molar-refractivity contribution in [2.45, 2.75) is 6.92 Å². The molecule has 1 aliphatic rings. The summed E-state index contributed by atoms with van der Waals surface area (Å²) >= 11 is 5.31. The van der Waals surface area contributed by atoms with E-state index >= 15 is 0 Å². The molecule has 1 heterocycles. The van der Waals surface area contributed by atoms with Gasteiger partial charge in [-0.25, -0.2) is 4.79 Å². The number of nitrogens with one attached hydrogen (secondary N) is 1. The average molecular weight is 368 g/mol. The summed E-state index contributed by atoms with van der Waals surface area (Å²) in [6, 6.07) is 14.3. The molecule has 0 saturated carbocycles. The Bertz CT molecular complexity index is 906. The molecule has 0 atom stereocenters. The number of carbonyl (C=O) groups is 2. The molecular weight excluding hydrogens is 352 g/mol. The number of carboxylic acid groups (broad SMARTS) is 1. The Hall–Kier alpha value is -3.19. The van der Waals surface area contributed by atoms with Crippen LogP contribution in [0.15, 0.2) is 54.2 Å². The van der Waals surface area contributed by atoms with Gasteiger partial charge in [0.05, 0.1) is 5.69 Å². The first-order valence-electron chi connectivity index (χ1n) is 7.83. The molecule has 1 fully saturated rings. The zero-order valence-corrected chi connectivity index (χ0v) is 14.7. The first-order valence-corrected chi connectivity index (χ1v) is 8.24. The molecule has 1 saturated heterocycles. The molecule has 3 rings (SSSR count). The van der Waals surface area contributed by atoms with Gasteiger partial charge in [-0.05, 0) is 54.5 Å². The van der Waals surface area contributed by atoms with Crippen LogP contribution >= 0.6 is 12.2 Å². The molecule has 2 N–H and O–H groups in total. The lowest BCUT2D eigenvalue weighted by atomic mass is 10.1. The minimum Gasteiger partial charge on any atom is -0.482 e. The quantitative estimate of drug-likeness (QED) is 0.624. The first kappa shape index (κ1) is 17.6. The number of benzene rings is 2. The summed E-state index contributed by atoms with van der Waals surface area (Å²) in [6.07, 6.45) is 1.69. The Morgan fingerprint density at radius 1 is 1.23 bits per heavy atom. The van der Waals surface area contributed by atoms with Crippen LogP contribution < -0.4 is 15.0 Å². The molecule has 0 spiro atoms. The van der Waals surface area contributed by atoms with Crippen LogP contribution in [0.1, 0.15) is 11.1 Å². The smallest absolute Gasteiger partial charge is 0.341 e. The number of ether oxygens (including phenoxy) is 1. The lowest BCUT2D eigenvalue weighted by Gasteiger charge is -2.16. The van der Waals surface area contributed by atoms with Crippen molar-refractivity contribution in [1.29, 1.82) is 0 Å². The van der Waals surface area contributed by atoms with E-state index in [2.05, 4.69) is 5.32 Å². The number of amides is 1. The van der Waals surface area contributed by atoms with Crippen molar-refractivity contribution in [3.8, 4) is 5.75 Å². The second-order valence-corrected chi connectivity index (χ2v) is 6.05. The van der Waals surface area contributed by atoms with E-state index in [0.717, 1.165) is 16.8 Å². The highest BCUT2D eigenvalue weighted by atomic mass is 32.1. The second kappa shape index (κ2) is 7.37. The van der Waals surface area contributed by atoms with Gasteiger partial charge in [-0.2, -0.15) is 0 Å². The van der Waals surface area contributed by atoms with Crippen LogP contribution in [0.2, 0.25) is 0 Å². The summed E-state index contributed by atoms with van der Waals surface area (Å²) in [5.74, 6) is -0.824. The number of para-hydroxylation sites is 1. The van der Waals surface area contributed by atoms with Crippen LogP contribution in [0.4, 0.5) is 5.69 Å². The lowest BCUT2D eigenvalue weighted by molar-refractivity contribution is -0.139. The van der Waals surface area contributed by atoms with Gasteiger partial charge < -0.3 is 15.2 Å². The molecule has 2 aromatic rings. The topological polar surface area (TPSA) is 78.9 Å². The minimum atomic E-state index is -1.04. The van der Waals surface area contributed by atoms with Gasteiger partial charge in [-0.1, -0.05) is 30.3 Å². The summed E-state index contributed by atoms with van der Waals surface area (Å²) in [5, 5.41) is 11.9. The van der Waals surface area contributed by atoms with E-state index in [4.69, 9.17) is 22.1 Å². The summed E-state index contributed by atoms with van der Waals surface area (Å²) in [4.78, 5) is 24.7. The zero-order chi connectivity index (χ0) is 18.7. The third-order valence-electron chi connectivity index (χ3n) is 3.79. The predicted octanol–water partition coefficient (Wildman–Crippen LogP) is 2.72. The van der Waals surface area contributed by atoms with Gasteiger partial charge in [0, 0.05) is 0 Å². The summed E-state index contributed by atoms with van der Waals surface area (Å²) in [6.45, 7) is 1.52. The van der Waals surface area contributed by atoms with Crippen LogP contribution in [0.3, 0.4) is 0 Å². The molecule has 26 heavy (non-hydrogen) atoms. The Morgan fingerprint density at radius 3 is 2.58 bits per heavy atom. The fraction of sp³-hybridized carbons (Fsp3) is 0.105. The lowest BCUT2D eigenvalue weighted by Crippen LogP contribution is -2.30. The number of aliphatic carboxylic acids is 1. The maximum atomic E-state index is 12.7. The van der Waals surface area contributed by atoms with E-state index in [1.165, 1.54) is 4.90 Å². The number of carbonyl (C=O) groups excluding carboxylic acids is 1. The number of nitrogens with zero attached hydrogens (tertiary/aromatic N) is 1. The highest BCUT2D eigenvalue weighted by Gasteiger charge is 2.32. The fourth-order valence-electron chi connectivity index (χ4n) is 2.54. The Kier molecular flexibility index (Phi) is 4.99. The predicted molar refractivity (Wildman–Crippen MR) is 102 cm³/mol. The monoisotopic (exact) mass is 368 g/mol. The molecule has 132 valence electrons. The summed E-state index contributed by atoms with van der Waals surface area (Å²) < 4.78 is 5.09. The largest absolute Gasteiger partial charge is 0.482 e. The van der Waals surface area contributed by atoms with E-state index in [1.54, 1.807) is 30.3 Å². The maximum Gasteiger partial charge on any atom is 0.341 e. The summed E-state index contributed by atoms with van der Waals surface area (Å²) in [7, 11) is 0. The van der Waals surface area contributed by atoms with Crippen LogP contribution in [0.25, 0.3) is 6.08 Å². The van der Waals surface area contributed by atoms with Crippen molar-refractivity contribution < 1.29 is 19.4 Å². The Balaban J connectivity index is 1.80. The highest BCUT2D eigenvalue weighted by Crippen LogP contribution is 2.25. The number of anilines is 1. The number of rotatable bonds is 5. The standard InChI is InChI=1S/C19H16N2O4S/c1-12-4-2-3-5-16(12)21-18(24)15(20-19(21)26)10-13-6-8-14(9-7-13)25-11-17(22)23/h2-10H,11H2,1H3,(H,20,26)(H,22,23)/b15-10+. The fourth-order valence-corrected chi connectivity index (χ4v) is 2.83. The molecular formula is C19H16N2O4S. The van der Waals surface area contributed by atoms with Crippen LogP contribution in [-0.4, -0.2) is 28.7 Å². The third kappa shape index (κ3) is 3.73. The zero-order valence-electron chi connectivity index (χ0n) is 13.9. The van der Waals surface area contributed by atoms with E-state index in [0.29, 0.717) is 16.6 Å². The molecule has 0 unspecified atom stereocenters. The third-order valence-corrected chi connectivity index (χ3v) is 4.07. The van der Waals surface area contributed by atoms with E-state index < -0.39 is 12.6 Å². The molecule has 7 heteroatoms. The van der Waals surface area contributed by atoms with Crippen molar-refractivity contribution in [3.05, 3.63) is 65.4 Å². The van der Waals surface area contributed by atoms with Gasteiger partial charge in [0.1, 0.15) is 11.4 Å². The number of thiocarbonyl (C=S) groups is 1. The van der Waals surface area contributed by atoms with Crippen LogP contribution in [0, 0.1) is 6.92 Å².